The molecule has 3 aromatic rings. The molecule has 0 saturated heterocycles. The molecular formula is C44H58N6O4Pt. The normalized spacial score (nSPS) is 13.9. The Kier molecular flexibility index (Phi) is 15.0. The van der Waals surface area contributed by atoms with Gasteiger partial charge in [0.1, 0.15) is 0 Å². The molecule has 0 aliphatic carbocycles. The summed E-state index contributed by atoms with van der Waals surface area (Å²) in [6, 6.07) is 8.19. The van der Waals surface area contributed by atoms with Crippen molar-refractivity contribution >= 4 is 56.2 Å². The van der Waals surface area contributed by atoms with E-state index in [-0.39, 0.29) is 45.1 Å². The maximum Gasteiger partial charge on any atom is 2.00 e. The zero-order valence-electron chi connectivity index (χ0n) is 34.8. The standard InChI is InChI=1S/C44H58N6O4.Pt/c1-13-49(14-2)41(51)19-17-31-25(5)33-21-35-27(7)43(29(9)53-11)40(47-35)23-36-28(8)44(30(10)54-12)39(48-36)22-34-26(6)32(38(46-34)24-37(31)45-33)18-20-42(52)50(15-3)16-4;/h21-24,29-30H,13-20H2,1-12H3;/q-2;+2. The number of ether oxygens (including phenoxy) is 2. The number of carbonyl (C=O) groups excluding carboxylic acids is 2. The van der Waals surface area contributed by atoms with E-state index >= 15 is 0 Å². The van der Waals surface area contributed by atoms with Crippen molar-refractivity contribution < 1.29 is 40.1 Å². The van der Waals surface area contributed by atoms with E-state index in [0.29, 0.717) is 51.9 Å². The Hall–Kier alpha value is -3.85. The molecule has 0 saturated carbocycles. The number of methoxy groups -OCH3 is 2. The summed E-state index contributed by atoms with van der Waals surface area (Å²) >= 11 is 0. The summed E-state index contributed by atoms with van der Waals surface area (Å²) in [5.41, 5.74) is 14.4. The van der Waals surface area contributed by atoms with Crippen molar-refractivity contribution in [3.05, 3.63) is 69.3 Å². The Morgan fingerprint density at radius 3 is 1.69 bits per heavy atom. The van der Waals surface area contributed by atoms with E-state index in [4.69, 9.17) is 29.4 Å². The van der Waals surface area contributed by atoms with E-state index < -0.39 is 0 Å². The zero-order valence-corrected chi connectivity index (χ0v) is 37.0. The van der Waals surface area contributed by atoms with Gasteiger partial charge in [0.2, 0.25) is 11.8 Å². The summed E-state index contributed by atoms with van der Waals surface area (Å²) < 4.78 is 11.8. The average Bonchev–Trinajstić information content (AvgIpc) is 3.83. The first kappa shape index (κ1) is 43.9. The van der Waals surface area contributed by atoms with Gasteiger partial charge in [-0.2, -0.15) is 0 Å². The van der Waals surface area contributed by atoms with Crippen LogP contribution in [0.2, 0.25) is 0 Å². The van der Waals surface area contributed by atoms with Gasteiger partial charge in [-0.1, -0.05) is 41.0 Å². The summed E-state index contributed by atoms with van der Waals surface area (Å²) in [6.45, 7) is 23.1. The van der Waals surface area contributed by atoms with E-state index in [1.54, 1.807) is 14.2 Å². The minimum Gasteiger partial charge on any atom is -0.657 e. The zero-order chi connectivity index (χ0) is 39.4. The Balaban J connectivity index is 0.00000673. The van der Waals surface area contributed by atoms with Crippen LogP contribution in [0.5, 0.6) is 0 Å². The predicted molar refractivity (Wildman–Crippen MR) is 219 cm³/mol. The number of fused-ring (bicyclic) bond motifs is 8. The van der Waals surface area contributed by atoms with Crippen LogP contribution in [0.15, 0.2) is 24.3 Å². The molecule has 55 heavy (non-hydrogen) atoms. The number of hydrogen-bond donors (Lipinski definition) is 0. The molecule has 5 rings (SSSR count). The van der Waals surface area contributed by atoms with Crippen molar-refractivity contribution in [2.24, 2.45) is 0 Å². The van der Waals surface area contributed by atoms with Crippen molar-refractivity contribution in [2.75, 3.05) is 40.4 Å². The summed E-state index contributed by atoms with van der Waals surface area (Å²) in [6.07, 6.45) is 1.41. The second-order valence-electron chi connectivity index (χ2n) is 14.3. The van der Waals surface area contributed by atoms with Gasteiger partial charge in [-0.05, 0) is 104 Å². The van der Waals surface area contributed by atoms with E-state index in [1.807, 2.05) is 63.5 Å². The monoisotopic (exact) mass is 929 g/mol. The molecule has 2 unspecified atom stereocenters. The Bertz CT molecular complexity index is 2140. The van der Waals surface area contributed by atoms with Crippen molar-refractivity contribution in [3.63, 3.8) is 0 Å². The van der Waals surface area contributed by atoms with Crippen molar-refractivity contribution in [3.8, 4) is 0 Å². The third-order valence-electron chi connectivity index (χ3n) is 11.4. The van der Waals surface area contributed by atoms with Gasteiger partial charge in [0.25, 0.3) is 0 Å². The van der Waals surface area contributed by atoms with Gasteiger partial charge < -0.3 is 29.2 Å². The first-order chi connectivity index (χ1) is 25.8. The number of hydrogen-bond acceptors (Lipinski definition) is 6. The minimum atomic E-state index is -0.215. The van der Waals surface area contributed by atoms with Crippen LogP contribution in [-0.4, -0.2) is 78.1 Å². The summed E-state index contributed by atoms with van der Waals surface area (Å²) in [4.78, 5) is 51.1. The molecule has 2 aliphatic rings. The molecule has 10 nitrogen and oxygen atoms in total. The molecule has 5 heterocycles. The SMILES string of the molecule is CCN(CC)C(=O)CCC1=C(C)c2cc3[n-]c(cc4nc(cc5[n-]c(cc1n2)c(CCC(=O)N(CC)CC)c5C)C(C(C)OC)=C4C)c(C(C)OC)c3C.[Pt+2]. The molecule has 0 radical (unpaired) electrons. The number of rotatable bonds is 14. The molecule has 3 aromatic heterocycles. The van der Waals surface area contributed by atoms with Gasteiger partial charge in [0.05, 0.1) is 35.0 Å². The minimum absolute atomic E-state index is 0. The number of carbonyl (C=O) groups is 2. The summed E-state index contributed by atoms with van der Waals surface area (Å²) in [7, 11) is 3.42. The topological polar surface area (TPSA) is 113 Å². The fourth-order valence-electron chi connectivity index (χ4n) is 7.83. The van der Waals surface area contributed by atoms with Gasteiger partial charge >= 0.3 is 21.1 Å². The maximum absolute atomic E-state index is 13.3. The molecule has 2 aliphatic heterocycles. The van der Waals surface area contributed by atoms with Crippen LogP contribution in [0.3, 0.4) is 0 Å². The number of nitrogens with zero attached hydrogens (tertiary/aromatic N) is 6. The number of allylic oxidation sites excluding steroid dienone is 3. The van der Waals surface area contributed by atoms with Gasteiger partial charge in [-0.25, -0.2) is 9.97 Å². The molecular weight excluding hydrogens is 872 g/mol. The van der Waals surface area contributed by atoms with E-state index in [9.17, 15) is 9.59 Å². The molecule has 0 fully saturated rings. The molecule has 11 heteroatoms. The van der Waals surface area contributed by atoms with Crippen LogP contribution in [0.4, 0.5) is 0 Å². The van der Waals surface area contributed by atoms with Crippen molar-refractivity contribution in [1.29, 1.82) is 0 Å². The van der Waals surface area contributed by atoms with E-state index in [2.05, 4.69) is 39.8 Å². The second kappa shape index (κ2) is 18.9. The van der Waals surface area contributed by atoms with Crippen LogP contribution in [0, 0.1) is 13.8 Å². The Morgan fingerprint density at radius 1 is 0.636 bits per heavy atom. The second-order valence-corrected chi connectivity index (χ2v) is 14.3. The third-order valence-corrected chi connectivity index (χ3v) is 11.4. The molecule has 0 spiro atoms. The van der Waals surface area contributed by atoms with Crippen LogP contribution in [-0.2, 0) is 46.5 Å². The fraction of sp³-hybridized carbons (Fsp3) is 0.500. The van der Waals surface area contributed by atoms with Gasteiger partial charge in [-0.15, -0.1) is 22.1 Å². The first-order valence-corrected chi connectivity index (χ1v) is 19.5. The van der Waals surface area contributed by atoms with Gasteiger partial charge in [0, 0.05) is 58.8 Å². The van der Waals surface area contributed by atoms with Crippen LogP contribution in [0.1, 0.15) is 126 Å². The molecule has 8 bridgehead atoms. The van der Waals surface area contributed by atoms with Gasteiger partial charge in [0.15, 0.2) is 0 Å². The van der Waals surface area contributed by atoms with Crippen LogP contribution in [0.25, 0.3) is 44.4 Å². The smallest absolute Gasteiger partial charge is 0.657 e. The van der Waals surface area contributed by atoms with E-state index in [1.165, 1.54) is 0 Å². The van der Waals surface area contributed by atoms with Crippen molar-refractivity contribution in [1.82, 2.24) is 29.7 Å². The number of amides is 2. The molecule has 2 atom stereocenters. The molecule has 298 valence electrons. The largest absolute Gasteiger partial charge is 2.00 e. The molecule has 2 amide bonds. The summed E-state index contributed by atoms with van der Waals surface area (Å²) in [5.74, 6) is 0.240. The molecule has 0 N–H and O–H groups in total. The third kappa shape index (κ3) is 8.92. The average molecular weight is 930 g/mol. The quantitative estimate of drug-likeness (QED) is 0.159. The summed E-state index contributed by atoms with van der Waals surface area (Å²) in [5, 5.41) is 0. The number of aryl methyl sites for hydroxylation is 3. The predicted octanol–water partition coefficient (Wildman–Crippen LogP) is 8.24. The van der Waals surface area contributed by atoms with Crippen molar-refractivity contribution in [2.45, 2.75) is 107 Å². The molecule has 0 aromatic carbocycles. The van der Waals surface area contributed by atoms with E-state index in [0.717, 1.165) is 89.4 Å². The maximum atomic E-state index is 13.3. The van der Waals surface area contributed by atoms with Crippen LogP contribution >= 0.6 is 0 Å². The Labute approximate surface area is 341 Å². The first-order valence-electron chi connectivity index (χ1n) is 19.5. The fourth-order valence-corrected chi connectivity index (χ4v) is 7.83. The van der Waals surface area contributed by atoms with Gasteiger partial charge in [-0.3, -0.25) is 9.59 Å². The Morgan fingerprint density at radius 2 is 1.11 bits per heavy atom. The van der Waals surface area contributed by atoms with Crippen LogP contribution < -0.4 is 9.97 Å². The number of aromatic nitrogens is 4.